The molecule has 27 heavy (non-hydrogen) atoms. The number of nitrogens with one attached hydrogen (secondary N) is 2. The molecule has 1 aromatic carbocycles. The fraction of sp³-hybridized carbons (Fsp3) is 0.316. The summed E-state index contributed by atoms with van der Waals surface area (Å²) in [4.78, 5) is 25.6. The molecule has 0 unspecified atom stereocenters. The lowest BCUT2D eigenvalue weighted by atomic mass is 10.2. The number of likely N-dealkylation sites (N-methyl/N-ethyl adjacent to an activating group) is 1. The lowest BCUT2D eigenvalue weighted by Crippen LogP contribution is -2.28. The maximum atomic E-state index is 11.0. The van der Waals surface area contributed by atoms with E-state index in [1.807, 2.05) is 18.2 Å². The number of benzene rings is 1. The zero-order valence-corrected chi connectivity index (χ0v) is 15.5. The third kappa shape index (κ3) is 4.53. The highest BCUT2D eigenvalue weighted by molar-refractivity contribution is 5.87. The Kier molecular flexibility index (Phi) is 5.87. The number of nitrogens with two attached hydrogens (primary N) is 1. The topological polar surface area (TPSA) is 109 Å². The van der Waals surface area contributed by atoms with E-state index in [1.165, 1.54) is 0 Å². The number of anilines is 1. The Morgan fingerprint density at radius 1 is 1.26 bits per heavy atom. The van der Waals surface area contributed by atoms with Crippen LogP contribution in [0.4, 0.5) is 10.6 Å². The van der Waals surface area contributed by atoms with E-state index in [1.54, 1.807) is 18.3 Å². The minimum Gasteiger partial charge on any atom is -0.408 e. The summed E-state index contributed by atoms with van der Waals surface area (Å²) in [6.07, 6.45) is 0.889. The first-order chi connectivity index (χ1) is 13.1. The van der Waals surface area contributed by atoms with Crippen LogP contribution in [0.25, 0.3) is 22.4 Å². The summed E-state index contributed by atoms with van der Waals surface area (Å²) in [5.74, 6) is 1.79. The number of hydrogen-bond donors (Lipinski definition) is 3. The van der Waals surface area contributed by atoms with Crippen molar-refractivity contribution in [3.8, 4) is 17.1 Å². The molecule has 3 rings (SSSR count). The highest BCUT2D eigenvalue weighted by atomic mass is 16.5. The van der Waals surface area contributed by atoms with Crippen LogP contribution >= 0.6 is 0 Å². The van der Waals surface area contributed by atoms with E-state index in [-0.39, 0.29) is 0 Å². The van der Waals surface area contributed by atoms with Crippen LogP contribution < -0.4 is 15.8 Å². The number of H-pyrrole nitrogens is 1. The van der Waals surface area contributed by atoms with Gasteiger partial charge in [-0.15, -0.1) is 0 Å². The van der Waals surface area contributed by atoms with Gasteiger partial charge in [0, 0.05) is 24.8 Å². The van der Waals surface area contributed by atoms with Crippen LogP contribution in [0.5, 0.6) is 5.75 Å². The Labute approximate surface area is 157 Å². The molecule has 4 N–H and O–H groups in total. The normalized spacial score (nSPS) is 11.1. The molecule has 0 aliphatic carbocycles. The predicted octanol–water partition coefficient (Wildman–Crippen LogP) is 2.84. The molecule has 0 radical (unpaired) electrons. The van der Waals surface area contributed by atoms with Crippen molar-refractivity contribution >= 4 is 22.9 Å². The lowest BCUT2D eigenvalue weighted by Gasteiger charge is -2.18. The standard InChI is InChI=1S/C19H24N6O2/c1-3-25(4-2)11-10-21-16-9-8-13(12-22-16)18-23-14-6-5-7-15(17(14)24-18)27-19(20)26/h5-9,12H,3-4,10-11H2,1-2H3,(H2,20,26)(H,21,22)(H,23,24). The number of aromatic nitrogens is 3. The number of para-hydroxylation sites is 1. The highest BCUT2D eigenvalue weighted by Crippen LogP contribution is 2.27. The van der Waals surface area contributed by atoms with Crippen molar-refractivity contribution in [2.75, 3.05) is 31.5 Å². The molecule has 0 atom stereocenters. The summed E-state index contributed by atoms with van der Waals surface area (Å²) in [7, 11) is 0. The minimum absolute atomic E-state index is 0.324. The number of primary amides is 1. The highest BCUT2D eigenvalue weighted by Gasteiger charge is 2.11. The van der Waals surface area contributed by atoms with Crippen LogP contribution in [-0.2, 0) is 0 Å². The van der Waals surface area contributed by atoms with Crippen LogP contribution in [0.2, 0.25) is 0 Å². The first-order valence-electron chi connectivity index (χ1n) is 8.99. The number of ether oxygens (including phenoxy) is 1. The summed E-state index contributed by atoms with van der Waals surface area (Å²) >= 11 is 0. The molecular formula is C19H24N6O2. The number of nitrogens with zero attached hydrogens (tertiary/aromatic N) is 3. The molecule has 142 valence electrons. The second kappa shape index (κ2) is 8.50. The van der Waals surface area contributed by atoms with Crippen molar-refractivity contribution < 1.29 is 9.53 Å². The number of imidazole rings is 1. The molecule has 0 spiro atoms. The molecule has 1 amide bonds. The average Bonchev–Trinajstić information content (AvgIpc) is 3.11. The van der Waals surface area contributed by atoms with Gasteiger partial charge in [0.2, 0.25) is 0 Å². The number of carbonyl (C=O) groups is 1. The Morgan fingerprint density at radius 2 is 2.07 bits per heavy atom. The number of hydrogen-bond acceptors (Lipinski definition) is 6. The molecule has 0 aliphatic heterocycles. The second-order valence-corrected chi connectivity index (χ2v) is 6.04. The van der Waals surface area contributed by atoms with Crippen LogP contribution in [0.15, 0.2) is 36.5 Å². The molecule has 8 heteroatoms. The third-order valence-electron chi connectivity index (χ3n) is 4.35. The van der Waals surface area contributed by atoms with Gasteiger partial charge in [-0.25, -0.2) is 14.8 Å². The van der Waals surface area contributed by atoms with Gasteiger partial charge in [-0.05, 0) is 37.4 Å². The van der Waals surface area contributed by atoms with Gasteiger partial charge in [0.25, 0.3) is 0 Å². The Morgan fingerprint density at radius 3 is 2.74 bits per heavy atom. The van der Waals surface area contributed by atoms with Crippen molar-refractivity contribution in [3.05, 3.63) is 36.5 Å². The number of carbonyl (C=O) groups excluding carboxylic acids is 1. The SMILES string of the molecule is CCN(CC)CCNc1ccc(-c2nc3c(OC(N)=O)cccc3[nH]2)cn1. The number of amides is 1. The zero-order valence-electron chi connectivity index (χ0n) is 15.5. The van der Waals surface area contributed by atoms with Crippen LogP contribution in [0.3, 0.4) is 0 Å². The monoisotopic (exact) mass is 368 g/mol. The van der Waals surface area contributed by atoms with Crippen molar-refractivity contribution in [2.45, 2.75) is 13.8 Å². The maximum absolute atomic E-state index is 11.0. The Bertz CT molecular complexity index is 902. The van der Waals surface area contributed by atoms with E-state index in [0.29, 0.717) is 17.1 Å². The number of aromatic amines is 1. The lowest BCUT2D eigenvalue weighted by molar-refractivity contribution is 0.211. The van der Waals surface area contributed by atoms with Gasteiger partial charge in [-0.2, -0.15) is 0 Å². The first-order valence-corrected chi connectivity index (χ1v) is 8.99. The molecular weight excluding hydrogens is 344 g/mol. The van der Waals surface area contributed by atoms with E-state index in [9.17, 15) is 4.79 Å². The summed E-state index contributed by atoms with van der Waals surface area (Å²) in [6, 6.07) is 9.14. The van der Waals surface area contributed by atoms with Gasteiger partial charge < -0.3 is 25.7 Å². The van der Waals surface area contributed by atoms with Gasteiger partial charge >= 0.3 is 6.09 Å². The predicted molar refractivity (Wildman–Crippen MR) is 106 cm³/mol. The van der Waals surface area contributed by atoms with E-state index in [0.717, 1.165) is 43.1 Å². The number of rotatable bonds is 8. The molecule has 3 aromatic rings. The van der Waals surface area contributed by atoms with E-state index in [4.69, 9.17) is 10.5 Å². The number of pyridine rings is 1. The van der Waals surface area contributed by atoms with Gasteiger partial charge in [-0.1, -0.05) is 19.9 Å². The maximum Gasteiger partial charge on any atom is 0.410 e. The quantitative estimate of drug-likeness (QED) is 0.564. The minimum atomic E-state index is -0.867. The summed E-state index contributed by atoms with van der Waals surface area (Å²) in [5, 5.41) is 3.32. The van der Waals surface area contributed by atoms with Crippen molar-refractivity contribution in [1.82, 2.24) is 19.9 Å². The fourth-order valence-electron chi connectivity index (χ4n) is 2.85. The third-order valence-corrected chi connectivity index (χ3v) is 4.35. The first kappa shape index (κ1) is 18.7. The van der Waals surface area contributed by atoms with E-state index >= 15 is 0 Å². The van der Waals surface area contributed by atoms with Crippen molar-refractivity contribution in [2.24, 2.45) is 5.73 Å². The van der Waals surface area contributed by atoms with Gasteiger partial charge in [-0.3, -0.25) is 0 Å². The Hall–Kier alpha value is -3.13. The molecule has 2 heterocycles. The summed E-state index contributed by atoms with van der Waals surface area (Å²) < 4.78 is 5.00. The van der Waals surface area contributed by atoms with Gasteiger partial charge in [0.1, 0.15) is 17.2 Å². The molecule has 0 fully saturated rings. The number of fused-ring (bicyclic) bond motifs is 1. The Balaban J connectivity index is 1.72. The molecule has 2 aromatic heterocycles. The summed E-state index contributed by atoms with van der Waals surface area (Å²) in [5.41, 5.74) is 7.25. The van der Waals surface area contributed by atoms with Gasteiger partial charge in [0.15, 0.2) is 5.75 Å². The largest absolute Gasteiger partial charge is 0.410 e. The smallest absolute Gasteiger partial charge is 0.408 e. The fourth-order valence-corrected chi connectivity index (χ4v) is 2.85. The van der Waals surface area contributed by atoms with Crippen molar-refractivity contribution in [3.63, 3.8) is 0 Å². The van der Waals surface area contributed by atoms with Gasteiger partial charge in [0.05, 0.1) is 5.52 Å². The van der Waals surface area contributed by atoms with E-state index < -0.39 is 6.09 Å². The van der Waals surface area contributed by atoms with Crippen LogP contribution in [0.1, 0.15) is 13.8 Å². The molecule has 8 nitrogen and oxygen atoms in total. The van der Waals surface area contributed by atoms with Crippen molar-refractivity contribution in [1.29, 1.82) is 0 Å². The average molecular weight is 368 g/mol. The van der Waals surface area contributed by atoms with Crippen LogP contribution in [-0.4, -0.2) is 52.1 Å². The molecule has 0 saturated heterocycles. The summed E-state index contributed by atoms with van der Waals surface area (Å²) in [6.45, 7) is 8.21. The molecule has 0 saturated carbocycles. The second-order valence-electron chi connectivity index (χ2n) is 6.04. The zero-order chi connectivity index (χ0) is 19.2. The van der Waals surface area contributed by atoms with Crippen LogP contribution in [0, 0.1) is 0 Å². The molecule has 0 bridgehead atoms. The molecule has 0 aliphatic rings. The van der Waals surface area contributed by atoms with E-state index in [2.05, 4.69) is 39.0 Å².